The zero-order valence-electron chi connectivity index (χ0n) is 12.2. The quantitative estimate of drug-likeness (QED) is 0.392. The van der Waals surface area contributed by atoms with Gasteiger partial charge in [-0.1, -0.05) is 0 Å². The van der Waals surface area contributed by atoms with Crippen molar-refractivity contribution >= 4 is 17.7 Å². The summed E-state index contributed by atoms with van der Waals surface area (Å²) in [6.45, 7) is 3.18. The normalized spacial score (nSPS) is 9.95. The molecular formula is C12H23N3O5. The molecule has 0 aromatic heterocycles. The molecule has 0 spiro atoms. The Hall–Kier alpha value is -1.67. The molecule has 0 fully saturated rings. The van der Waals surface area contributed by atoms with Gasteiger partial charge in [-0.05, 0) is 0 Å². The fourth-order valence-electron chi connectivity index (χ4n) is 1.35. The predicted molar refractivity (Wildman–Crippen MR) is 72.0 cm³/mol. The molecule has 0 rings (SSSR count). The lowest BCUT2D eigenvalue weighted by Gasteiger charge is -2.21. The average Bonchev–Trinajstić information content (AvgIpc) is 2.42. The van der Waals surface area contributed by atoms with Crippen molar-refractivity contribution in [3.05, 3.63) is 0 Å². The second-order valence-electron chi connectivity index (χ2n) is 4.02. The van der Waals surface area contributed by atoms with Crippen LogP contribution in [0.5, 0.6) is 0 Å². The Kier molecular flexibility index (Phi) is 10.2. The lowest BCUT2D eigenvalue weighted by atomic mass is 10.4. The predicted octanol–water partition coefficient (Wildman–Crippen LogP) is -1.64. The second kappa shape index (κ2) is 11.2. The maximum Gasteiger partial charge on any atom is 0.312 e. The van der Waals surface area contributed by atoms with Gasteiger partial charge in [-0.25, -0.2) is 0 Å². The molecule has 0 aromatic carbocycles. The van der Waals surface area contributed by atoms with Crippen LogP contribution in [0.3, 0.4) is 0 Å². The van der Waals surface area contributed by atoms with Crippen LogP contribution in [0.25, 0.3) is 0 Å². The molecule has 0 aliphatic heterocycles. The molecule has 0 aliphatic carbocycles. The number of nitrogens with one attached hydrogen (secondary N) is 2. The third-order valence-corrected chi connectivity index (χ3v) is 2.40. The molecule has 0 aliphatic rings. The summed E-state index contributed by atoms with van der Waals surface area (Å²) in [5.41, 5.74) is 0. The minimum atomic E-state index is -0.706. The van der Waals surface area contributed by atoms with Gasteiger partial charge < -0.3 is 25.0 Å². The van der Waals surface area contributed by atoms with E-state index in [1.165, 1.54) is 26.0 Å². The van der Waals surface area contributed by atoms with Crippen molar-refractivity contribution < 1.29 is 23.9 Å². The Morgan fingerprint density at radius 3 is 1.90 bits per heavy atom. The molecule has 0 saturated heterocycles. The first kappa shape index (κ1) is 18.3. The summed E-state index contributed by atoms with van der Waals surface area (Å²) in [7, 11) is 3.04. The van der Waals surface area contributed by atoms with Crippen LogP contribution in [0.15, 0.2) is 0 Å². The molecular weight excluding hydrogens is 266 g/mol. The van der Waals surface area contributed by atoms with Gasteiger partial charge in [0.25, 0.3) is 0 Å². The van der Waals surface area contributed by atoms with Gasteiger partial charge >= 0.3 is 11.8 Å². The Bertz CT molecular complexity index is 314. The van der Waals surface area contributed by atoms with Crippen LogP contribution >= 0.6 is 0 Å². The molecule has 0 heterocycles. The zero-order valence-corrected chi connectivity index (χ0v) is 12.2. The van der Waals surface area contributed by atoms with Gasteiger partial charge in [0, 0.05) is 47.3 Å². The number of methoxy groups -OCH3 is 2. The first-order chi connectivity index (χ1) is 9.52. The number of amides is 3. The first-order valence-electron chi connectivity index (χ1n) is 6.32. The highest BCUT2D eigenvalue weighted by atomic mass is 16.5. The number of nitrogens with zero attached hydrogens (tertiary/aromatic N) is 1. The molecule has 0 saturated carbocycles. The van der Waals surface area contributed by atoms with Crippen molar-refractivity contribution in [3.63, 3.8) is 0 Å². The second-order valence-corrected chi connectivity index (χ2v) is 4.02. The molecule has 116 valence electrons. The average molecular weight is 289 g/mol. The number of carbonyl (C=O) groups is 3. The van der Waals surface area contributed by atoms with Gasteiger partial charge in [0.1, 0.15) is 0 Å². The van der Waals surface area contributed by atoms with E-state index in [0.29, 0.717) is 26.3 Å². The smallest absolute Gasteiger partial charge is 0.312 e. The molecule has 20 heavy (non-hydrogen) atoms. The van der Waals surface area contributed by atoms with E-state index in [-0.39, 0.29) is 19.0 Å². The summed E-state index contributed by atoms with van der Waals surface area (Å²) in [6.07, 6.45) is 0. The molecule has 0 atom stereocenters. The lowest BCUT2D eigenvalue weighted by Crippen LogP contribution is -2.47. The molecule has 0 unspecified atom stereocenters. The Balaban J connectivity index is 4.17. The van der Waals surface area contributed by atoms with E-state index >= 15 is 0 Å². The first-order valence-corrected chi connectivity index (χ1v) is 6.32. The van der Waals surface area contributed by atoms with Crippen molar-refractivity contribution in [2.24, 2.45) is 0 Å². The SMILES string of the molecule is COCCN(CCOC)C(=O)C(=O)NCCNC(C)=O. The van der Waals surface area contributed by atoms with Crippen molar-refractivity contribution in [2.75, 3.05) is 53.6 Å². The van der Waals surface area contributed by atoms with Crippen molar-refractivity contribution in [2.45, 2.75) is 6.92 Å². The van der Waals surface area contributed by atoms with Crippen molar-refractivity contribution in [1.82, 2.24) is 15.5 Å². The van der Waals surface area contributed by atoms with Crippen LogP contribution in [0.1, 0.15) is 6.92 Å². The van der Waals surface area contributed by atoms with Crippen molar-refractivity contribution in [3.8, 4) is 0 Å². The summed E-state index contributed by atoms with van der Waals surface area (Å²) in [4.78, 5) is 35.6. The minimum absolute atomic E-state index is 0.188. The largest absolute Gasteiger partial charge is 0.383 e. The van der Waals surface area contributed by atoms with E-state index in [1.54, 1.807) is 0 Å². The third-order valence-electron chi connectivity index (χ3n) is 2.40. The minimum Gasteiger partial charge on any atom is -0.383 e. The maximum absolute atomic E-state index is 11.9. The summed E-state index contributed by atoms with van der Waals surface area (Å²) in [5.74, 6) is -1.53. The number of carbonyl (C=O) groups excluding carboxylic acids is 3. The van der Waals surface area contributed by atoms with Crippen LogP contribution in [-0.4, -0.2) is 76.2 Å². The number of hydrogen-bond donors (Lipinski definition) is 2. The van der Waals surface area contributed by atoms with Crippen molar-refractivity contribution in [1.29, 1.82) is 0 Å². The highest BCUT2D eigenvalue weighted by Gasteiger charge is 2.20. The van der Waals surface area contributed by atoms with Crippen LogP contribution < -0.4 is 10.6 Å². The molecule has 8 nitrogen and oxygen atoms in total. The molecule has 8 heteroatoms. The summed E-state index contributed by atoms with van der Waals surface area (Å²) in [5, 5.41) is 4.96. The maximum atomic E-state index is 11.9. The van der Waals surface area contributed by atoms with Gasteiger partial charge in [-0.15, -0.1) is 0 Å². The van der Waals surface area contributed by atoms with E-state index in [1.807, 2.05) is 0 Å². The molecule has 2 N–H and O–H groups in total. The van der Waals surface area contributed by atoms with Crippen LogP contribution in [-0.2, 0) is 23.9 Å². The van der Waals surface area contributed by atoms with Crippen LogP contribution in [0.4, 0.5) is 0 Å². The van der Waals surface area contributed by atoms with Gasteiger partial charge in [-0.3, -0.25) is 14.4 Å². The van der Waals surface area contributed by atoms with E-state index in [9.17, 15) is 14.4 Å². The molecule has 3 amide bonds. The van der Waals surface area contributed by atoms with E-state index in [4.69, 9.17) is 9.47 Å². The monoisotopic (exact) mass is 289 g/mol. The summed E-state index contributed by atoms with van der Waals surface area (Å²) in [6, 6.07) is 0. The lowest BCUT2D eigenvalue weighted by molar-refractivity contribution is -0.146. The Morgan fingerprint density at radius 1 is 0.950 bits per heavy atom. The fraction of sp³-hybridized carbons (Fsp3) is 0.750. The molecule has 0 aromatic rings. The van der Waals surface area contributed by atoms with Gasteiger partial charge in [0.05, 0.1) is 13.2 Å². The van der Waals surface area contributed by atoms with E-state index < -0.39 is 11.8 Å². The van der Waals surface area contributed by atoms with E-state index in [0.717, 1.165) is 0 Å². The van der Waals surface area contributed by atoms with Gasteiger partial charge in [-0.2, -0.15) is 0 Å². The topological polar surface area (TPSA) is 97.0 Å². The molecule has 0 radical (unpaired) electrons. The van der Waals surface area contributed by atoms with E-state index in [2.05, 4.69) is 10.6 Å². The number of hydrogen-bond acceptors (Lipinski definition) is 5. The summed E-state index contributed by atoms with van der Waals surface area (Å²) >= 11 is 0. The number of rotatable bonds is 9. The number of ether oxygens (including phenoxy) is 2. The standard InChI is InChI=1S/C12H23N3O5/c1-10(16)13-4-5-14-11(17)12(18)15(6-8-19-2)7-9-20-3/h4-9H2,1-3H3,(H,13,16)(H,14,17). The fourth-order valence-corrected chi connectivity index (χ4v) is 1.35. The Labute approximate surface area is 118 Å². The van der Waals surface area contributed by atoms with Crippen LogP contribution in [0, 0.1) is 0 Å². The zero-order chi connectivity index (χ0) is 15.4. The third kappa shape index (κ3) is 8.44. The van der Waals surface area contributed by atoms with Gasteiger partial charge in [0.15, 0.2) is 0 Å². The van der Waals surface area contributed by atoms with Gasteiger partial charge in [0.2, 0.25) is 5.91 Å². The summed E-state index contributed by atoms with van der Waals surface area (Å²) < 4.78 is 9.79. The molecule has 0 bridgehead atoms. The highest BCUT2D eigenvalue weighted by molar-refractivity contribution is 6.35. The Morgan fingerprint density at radius 2 is 1.45 bits per heavy atom. The van der Waals surface area contributed by atoms with Crippen LogP contribution in [0.2, 0.25) is 0 Å². The highest BCUT2D eigenvalue weighted by Crippen LogP contribution is 1.91.